The largest absolute Gasteiger partial charge is 0.398 e. The van der Waals surface area contributed by atoms with Crippen molar-refractivity contribution < 1.29 is 13.2 Å². The van der Waals surface area contributed by atoms with Crippen molar-refractivity contribution in [1.82, 2.24) is 0 Å². The highest BCUT2D eigenvalue weighted by Gasteiger charge is 2.15. The van der Waals surface area contributed by atoms with Gasteiger partial charge in [0.25, 0.3) is 10.0 Å². The summed E-state index contributed by atoms with van der Waals surface area (Å²) in [5.74, 6) is -0.00700. The SMILES string of the molecule is Nc1ccccc1CC(=O)Cc1ccc(S(=O)(=O)Nc2ccc(Cl)c(Cl)c2)cc1. The molecule has 0 bridgehead atoms. The lowest BCUT2D eigenvalue weighted by atomic mass is 10.0. The van der Waals surface area contributed by atoms with E-state index in [0.717, 1.165) is 11.1 Å². The van der Waals surface area contributed by atoms with Gasteiger partial charge in [-0.15, -0.1) is 0 Å². The minimum absolute atomic E-state index is 0.00700. The van der Waals surface area contributed by atoms with Crippen molar-refractivity contribution in [3.63, 3.8) is 0 Å². The zero-order valence-electron chi connectivity index (χ0n) is 15.2. The number of para-hydroxylation sites is 1. The van der Waals surface area contributed by atoms with Crippen LogP contribution in [0.1, 0.15) is 11.1 Å². The molecule has 29 heavy (non-hydrogen) atoms. The van der Waals surface area contributed by atoms with Gasteiger partial charge in [-0.05, 0) is 47.5 Å². The van der Waals surface area contributed by atoms with Crippen LogP contribution in [0.2, 0.25) is 10.0 Å². The van der Waals surface area contributed by atoms with Gasteiger partial charge in [-0.25, -0.2) is 8.42 Å². The molecule has 0 amide bonds. The zero-order valence-corrected chi connectivity index (χ0v) is 17.6. The van der Waals surface area contributed by atoms with Crippen molar-refractivity contribution in [2.45, 2.75) is 17.7 Å². The Morgan fingerprint density at radius 1 is 0.897 bits per heavy atom. The molecule has 0 unspecified atom stereocenters. The Morgan fingerprint density at radius 2 is 1.59 bits per heavy atom. The van der Waals surface area contributed by atoms with Crippen LogP contribution in [-0.2, 0) is 27.7 Å². The van der Waals surface area contributed by atoms with E-state index >= 15 is 0 Å². The van der Waals surface area contributed by atoms with Crippen molar-refractivity contribution in [1.29, 1.82) is 0 Å². The highest BCUT2D eigenvalue weighted by atomic mass is 35.5. The number of sulfonamides is 1. The van der Waals surface area contributed by atoms with E-state index in [4.69, 9.17) is 28.9 Å². The molecule has 0 saturated carbocycles. The first-order valence-electron chi connectivity index (χ1n) is 8.66. The summed E-state index contributed by atoms with van der Waals surface area (Å²) in [6.45, 7) is 0. The fourth-order valence-electron chi connectivity index (χ4n) is 2.76. The quantitative estimate of drug-likeness (QED) is 0.511. The number of hydrogen-bond donors (Lipinski definition) is 2. The number of benzene rings is 3. The Bertz CT molecular complexity index is 1150. The average Bonchev–Trinajstić information content (AvgIpc) is 2.67. The van der Waals surface area contributed by atoms with Crippen molar-refractivity contribution >= 4 is 50.4 Å². The molecule has 3 aromatic rings. The predicted octanol–water partition coefficient (Wildman–Crippen LogP) is 4.73. The Hall–Kier alpha value is -2.54. The number of carbonyl (C=O) groups excluding carboxylic acids is 1. The van der Waals surface area contributed by atoms with Crippen LogP contribution in [0.25, 0.3) is 0 Å². The second kappa shape index (κ2) is 8.86. The molecule has 0 aliphatic carbocycles. The maximum absolute atomic E-state index is 12.5. The Labute approximate surface area is 179 Å². The molecule has 3 N–H and O–H groups in total. The summed E-state index contributed by atoms with van der Waals surface area (Å²) in [4.78, 5) is 12.4. The first kappa shape index (κ1) is 21.2. The topological polar surface area (TPSA) is 89.3 Å². The van der Waals surface area contributed by atoms with Crippen molar-refractivity contribution in [3.05, 3.63) is 87.9 Å². The van der Waals surface area contributed by atoms with Crippen LogP contribution >= 0.6 is 23.2 Å². The van der Waals surface area contributed by atoms with E-state index in [1.54, 1.807) is 18.2 Å². The molecule has 0 heterocycles. The average molecular weight is 449 g/mol. The molecule has 0 spiro atoms. The maximum Gasteiger partial charge on any atom is 0.261 e. The van der Waals surface area contributed by atoms with Gasteiger partial charge in [0.2, 0.25) is 0 Å². The molecule has 3 aromatic carbocycles. The van der Waals surface area contributed by atoms with Gasteiger partial charge in [0, 0.05) is 18.5 Å². The molecule has 0 saturated heterocycles. The number of anilines is 2. The van der Waals surface area contributed by atoms with Gasteiger partial charge in [-0.3, -0.25) is 9.52 Å². The summed E-state index contributed by atoms with van der Waals surface area (Å²) in [6.07, 6.45) is 0.417. The van der Waals surface area contributed by atoms with E-state index < -0.39 is 10.0 Å². The van der Waals surface area contributed by atoms with E-state index in [9.17, 15) is 13.2 Å². The molecule has 5 nitrogen and oxygen atoms in total. The molecule has 0 aliphatic rings. The molecule has 0 radical (unpaired) electrons. The first-order chi connectivity index (χ1) is 13.7. The van der Waals surface area contributed by atoms with Gasteiger partial charge in [-0.1, -0.05) is 53.5 Å². The third-order valence-corrected chi connectivity index (χ3v) is 6.39. The molecule has 8 heteroatoms. The summed E-state index contributed by atoms with van der Waals surface area (Å²) in [7, 11) is -3.80. The van der Waals surface area contributed by atoms with Gasteiger partial charge in [0.05, 0.1) is 20.6 Å². The van der Waals surface area contributed by atoms with Crippen LogP contribution in [-0.4, -0.2) is 14.2 Å². The lowest BCUT2D eigenvalue weighted by Crippen LogP contribution is -2.13. The number of rotatable bonds is 7. The number of halogens is 2. The van der Waals surface area contributed by atoms with E-state index in [0.29, 0.717) is 16.4 Å². The maximum atomic E-state index is 12.5. The summed E-state index contributed by atoms with van der Waals surface area (Å²) in [6, 6.07) is 17.8. The van der Waals surface area contributed by atoms with Gasteiger partial charge in [-0.2, -0.15) is 0 Å². The Morgan fingerprint density at radius 3 is 2.24 bits per heavy atom. The van der Waals surface area contributed by atoms with E-state index in [1.807, 2.05) is 18.2 Å². The smallest absolute Gasteiger partial charge is 0.261 e. The molecule has 0 atom stereocenters. The van der Waals surface area contributed by atoms with E-state index in [2.05, 4.69) is 4.72 Å². The van der Waals surface area contributed by atoms with Crippen molar-refractivity contribution in [2.24, 2.45) is 0 Å². The fraction of sp³-hybridized carbons (Fsp3) is 0.0952. The zero-order chi connectivity index (χ0) is 21.0. The van der Waals surface area contributed by atoms with E-state index in [-0.39, 0.29) is 28.5 Å². The number of hydrogen-bond acceptors (Lipinski definition) is 4. The lowest BCUT2D eigenvalue weighted by Gasteiger charge is -2.10. The van der Waals surface area contributed by atoms with Crippen LogP contribution in [0, 0.1) is 0 Å². The fourth-order valence-corrected chi connectivity index (χ4v) is 4.11. The summed E-state index contributed by atoms with van der Waals surface area (Å²) >= 11 is 11.8. The van der Waals surface area contributed by atoms with Gasteiger partial charge < -0.3 is 5.73 Å². The number of nitrogens with one attached hydrogen (secondary N) is 1. The Balaban J connectivity index is 1.68. The number of ketones is 1. The minimum atomic E-state index is -3.80. The van der Waals surface area contributed by atoms with Crippen LogP contribution in [0.3, 0.4) is 0 Å². The third-order valence-electron chi connectivity index (χ3n) is 4.25. The second-order valence-corrected chi connectivity index (χ2v) is 8.97. The monoisotopic (exact) mass is 448 g/mol. The molecule has 3 rings (SSSR count). The van der Waals surface area contributed by atoms with Crippen LogP contribution in [0.4, 0.5) is 11.4 Å². The van der Waals surface area contributed by atoms with Crippen LogP contribution < -0.4 is 10.5 Å². The predicted molar refractivity (Wildman–Crippen MR) is 117 cm³/mol. The summed E-state index contributed by atoms with van der Waals surface area (Å²) < 4.78 is 27.5. The van der Waals surface area contributed by atoms with Gasteiger partial charge in [0.15, 0.2) is 0 Å². The Kier molecular flexibility index (Phi) is 6.47. The third kappa shape index (κ3) is 5.50. The molecular formula is C21H18Cl2N2O3S. The molecule has 150 valence electrons. The number of carbonyl (C=O) groups is 1. The van der Waals surface area contributed by atoms with Crippen LogP contribution in [0.5, 0.6) is 0 Å². The standard InChI is InChI=1S/C21H18Cl2N2O3S/c22-19-10-7-16(13-20(19)23)25-29(27,28)18-8-5-14(6-9-18)11-17(26)12-15-3-1-2-4-21(15)24/h1-10,13,25H,11-12,24H2. The van der Waals surface area contributed by atoms with Gasteiger partial charge in [0.1, 0.15) is 5.78 Å². The highest BCUT2D eigenvalue weighted by molar-refractivity contribution is 7.92. The lowest BCUT2D eigenvalue weighted by molar-refractivity contribution is -0.117. The summed E-state index contributed by atoms with van der Waals surface area (Å²) in [5.41, 5.74) is 8.25. The first-order valence-corrected chi connectivity index (χ1v) is 10.9. The van der Waals surface area contributed by atoms with Crippen LogP contribution in [0.15, 0.2) is 71.6 Å². The highest BCUT2D eigenvalue weighted by Crippen LogP contribution is 2.26. The van der Waals surface area contributed by atoms with E-state index in [1.165, 1.54) is 30.3 Å². The minimum Gasteiger partial charge on any atom is -0.398 e. The van der Waals surface area contributed by atoms with Crippen molar-refractivity contribution in [2.75, 3.05) is 10.5 Å². The molecule has 0 aromatic heterocycles. The normalized spacial score (nSPS) is 11.2. The second-order valence-electron chi connectivity index (χ2n) is 6.47. The molecule has 0 aliphatic heterocycles. The number of nitrogen functional groups attached to an aromatic ring is 1. The van der Waals surface area contributed by atoms with Gasteiger partial charge >= 0.3 is 0 Å². The van der Waals surface area contributed by atoms with Crippen molar-refractivity contribution in [3.8, 4) is 0 Å². The molecular weight excluding hydrogens is 431 g/mol. The number of Topliss-reactive ketones (excluding diaryl/α,β-unsaturated/α-hetero) is 1. The molecule has 0 fully saturated rings. The summed E-state index contributed by atoms with van der Waals surface area (Å²) in [5, 5.41) is 0.584. The number of nitrogens with two attached hydrogens (primary N) is 1.